The maximum absolute atomic E-state index is 12.0. The summed E-state index contributed by atoms with van der Waals surface area (Å²) in [7, 11) is 0. The van der Waals surface area contributed by atoms with Gasteiger partial charge in [-0.3, -0.25) is 19.7 Å². The van der Waals surface area contributed by atoms with Gasteiger partial charge in [0.25, 0.3) is 12.2 Å². The summed E-state index contributed by atoms with van der Waals surface area (Å²) in [5.74, 6) is -0.982. The third-order valence-corrected chi connectivity index (χ3v) is 3.41. The van der Waals surface area contributed by atoms with Crippen LogP contribution in [0.15, 0.2) is 36.4 Å². The zero-order valence-corrected chi connectivity index (χ0v) is 12.9. The van der Waals surface area contributed by atoms with Crippen molar-refractivity contribution in [2.75, 3.05) is 0 Å². The van der Waals surface area contributed by atoms with Gasteiger partial charge in [0.1, 0.15) is 6.10 Å². The van der Waals surface area contributed by atoms with Crippen LogP contribution in [0.2, 0.25) is 0 Å². The number of ketones is 1. The highest BCUT2D eigenvalue weighted by Gasteiger charge is 2.22. The number of benzene rings is 1. The molecule has 3 atom stereocenters. The molecule has 0 saturated heterocycles. The van der Waals surface area contributed by atoms with E-state index < -0.39 is 16.9 Å². The molecule has 7 heteroatoms. The average molecular weight is 321 g/mol. The lowest BCUT2D eigenvalue weighted by Gasteiger charge is -2.16. The molecule has 0 aliphatic rings. The maximum Gasteiger partial charge on any atom is 0.293 e. The van der Waals surface area contributed by atoms with Crippen LogP contribution in [0.25, 0.3) is 0 Å². The molecular weight excluding hydrogens is 302 g/mol. The molecular formula is C16H19NO6. The lowest BCUT2D eigenvalue weighted by Crippen LogP contribution is -2.17. The van der Waals surface area contributed by atoms with Crippen molar-refractivity contribution in [3.63, 3.8) is 0 Å². The molecule has 0 bridgehead atoms. The summed E-state index contributed by atoms with van der Waals surface area (Å²) < 4.78 is 4.68. The molecule has 0 amide bonds. The largest absolute Gasteiger partial charge is 0.465 e. The standard InChI is InChI=1S/C16H19NO6/c1-11(23-10-18)4-3-5-15(19)12(2)16(20)13-6-8-14(9-7-13)17(21)22/h3,5-12,16,20H,4H2,1-2H3/b5-3+/t11-,12-,16-/m0/s1. The number of carbonyl (C=O) groups excluding carboxylic acids is 2. The third-order valence-electron chi connectivity index (χ3n) is 3.41. The zero-order valence-electron chi connectivity index (χ0n) is 12.9. The van der Waals surface area contributed by atoms with Gasteiger partial charge in [-0.1, -0.05) is 13.0 Å². The number of rotatable bonds is 9. The van der Waals surface area contributed by atoms with Crippen molar-refractivity contribution in [3.05, 3.63) is 52.1 Å². The summed E-state index contributed by atoms with van der Waals surface area (Å²) in [5, 5.41) is 20.8. The fraction of sp³-hybridized carbons (Fsp3) is 0.375. The van der Waals surface area contributed by atoms with E-state index in [1.807, 2.05) is 0 Å². The first-order valence-electron chi connectivity index (χ1n) is 7.08. The zero-order chi connectivity index (χ0) is 17.4. The molecule has 1 aromatic rings. The fourth-order valence-corrected chi connectivity index (χ4v) is 1.92. The second-order valence-electron chi connectivity index (χ2n) is 5.17. The Kier molecular flexibility index (Phi) is 7.08. The van der Waals surface area contributed by atoms with Crippen molar-refractivity contribution in [1.82, 2.24) is 0 Å². The Morgan fingerprint density at radius 1 is 1.35 bits per heavy atom. The molecule has 0 fully saturated rings. The predicted molar refractivity (Wildman–Crippen MR) is 82.6 cm³/mol. The highest BCUT2D eigenvalue weighted by Crippen LogP contribution is 2.24. The minimum atomic E-state index is -1.06. The molecule has 0 spiro atoms. The number of aliphatic hydroxyl groups is 1. The van der Waals surface area contributed by atoms with Crippen LogP contribution in [0.1, 0.15) is 31.9 Å². The number of non-ortho nitro benzene ring substituents is 1. The van der Waals surface area contributed by atoms with Crippen molar-refractivity contribution in [1.29, 1.82) is 0 Å². The van der Waals surface area contributed by atoms with E-state index >= 15 is 0 Å². The van der Waals surface area contributed by atoms with E-state index in [9.17, 15) is 24.8 Å². The number of ether oxygens (including phenoxy) is 1. The van der Waals surface area contributed by atoms with Crippen molar-refractivity contribution >= 4 is 17.9 Å². The number of allylic oxidation sites excluding steroid dienone is 1. The Bertz CT molecular complexity index is 581. The second kappa shape index (κ2) is 8.79. The molecule has 7 nitrogen and oxygen atoms in total. The van der Waals surface area contributed by atoms with Crippen LogP contribution in [-0.2, 0) is 14.3 Å². The van der Waals surface area contributed by atoms with Crippen LogP contribution in [0.4, 0.5) is 5.69 Å². The molecule has 0 saturated carbocycles. The van der Waals surface area contributed by atoms with Crippen molar-refractivity contribution in [2.45, 2.75) is 32.5 Å². The van der Waals surface area contributed by atoms with Crippen LogP contribution >= 0.6 is 0 Å². The van der Waals surface area contributed by atoms with Gasteiger partial charge in [-0.05, 0) is 30.7 Å². The van der Waals surface area contributed by atoms with Crippen LogP contribution in [0.3, 0.4) is 0 Å². The lowest BCUT2D eigenvalue weighted by atomic mass is 9.93. The summed E-state index contributed by atoms with van der Waals surface area (Å²) in [5.41, 5.74) is 0.353. The Morgan fingerprint density at radius 3 is 2.48 bits per heavy atom. The van der Waals surface area contributed by atoms with Crippen molar-refractivity contribution < 1.29 is 24.4 Å². The van der Waals surface area contributed by atoms with Gasteiger partial charge in [0.2, 0.25) is 0 Å². The average Bonchev–Trinajstić information content (AvgIpc) is 2.53. The number of aliphatic hydroxyl groups excluding tert-OH is 1. The first kappa shape index (κ1) is 18.5. The minimum Gasteiger partial charge on any atom is -0.465 e. The summed E-state index contributed by atoms with van der Waals surface area (Å²) in [6, 6.07) is 5.42. The molecule has 0 aromatic heterocycles. The van der Waals surface area contributed by atoms with E-state index in [0.717, 1.165) is 0 Å². The molecule has 0 unspecified atom stereocenters. The molecule has 1 N–H and O–H groups in total. The first-order chi connectivity index (χ1) is 10.9. The van der Waals surface area contributed by atoms with Gasteiger partial charge >= 0.3 is 0 Å². The number of nitro groups is 1. The van der Waals surface area contributed by atoms with Gasteiger partial charge in [-0.2, -0.15) is 0 Å². The number of carbonyl (C=O) groups is 2. The van der Waals surface area contributed by atoms with Gasteiger partial charge in [0.05, 0.1) is 11.0 Å². The predicted octanol–water partition coefficient (Wildman–Crippen LogP) is 2.34. The summed E-state index contributed by atoms with van der Waals surface area (Å²) in [6.45, 7) is 3.61. The Morgan fingerprint density at radius 2 is 1.96 bits per heavy atom. The van der Waals surface area contributed by atoms with E-state index in [2.05, 4.69) is 4.74 Å². The van der Waals surface area contributed by atoms with Crippen molar-refractivity contribution in [2.24, 2.45) is 5.92 Å². The number of hydrogen-bond donors (Lipinski definition) is 1. The van der Waals surface area contributed by atoms with Crippen LogP contribution in [-0.4, -0.2) is 28.4 Å². The van der Waals surface area contributed by atoms with E-state index in [1.54, 1.807) is 19.9 Å². The molecule has 0 heterocycles. The van der Waals surface area contributed by atoms with Gasteiger partial charge < -0.3 is 9.84 Å². The topological polar surface area (TPSA) is 107 Å². The third kappa shape index (κ3) is 5.63. The van der Waals surface area contributed by atoms with E-state index in [0.29, 0.717) is 18.5 Å². The summed E-state index contributed by atoms with van der Waals surface area (Å²) >= 11 is 0. The van der Waals surface area contributed by atoms with E-state index in [1.165, 1.54) is 30.3 Å². The molecule has 23 heavy (non-hydrogen) atoms. The number of nitro benzene ring substituents is 1. The SMILES string of the molecule is C[C@@H](C/C=C/C(=O)[C@H](C)[C@H](O)c1ccc([N+](=O)[O-])cc1)OC=O. The molecule has 124 valence electrons. The van der Waals surface area contributed by atoms with Crippen LogP contribution < -0.4 is 0 Å². The smallest absolute Gasteiger partial charge is 0.293 e. The molecule has 1 rings (SSSR count). The first-order valence-corrected chi connectivity index (χ1v) is 7.08. The quantitative estimate of drug-likeness (QED) is 0.324. The molecule has 0 aliphatic heterocycles. The molecule has 0 radical (unpaired) electrons. The van der Waals surface area contributed by atoms with Crippen LogP contribution in [0.5, 0.6) is 0 Å². The minimum absolute atomic E-state index is 0.0796. The number of hydrogen-bond acceptors (Lipinski definition) is 6. The summed E-state index contributed by atoms with van der Waals surface area (Å²) in [4.78, 5) is 32.2. The van der Waals surface area contributed by atoms with Crippen molar-refractivity contribution in [3.8, 4) is 0 Å². The second-order valence-corrected chi connectivity index (χ2v) is 5.17. The lowest BCUT2D eigenvalue weighted by molar-refractivity contribution is -0.384. The van der Waals surface area contributed by atoms with Gasteiger partial charge in [-0.25, -0.2) is 0 Å². The maximum atomic E-state index is 12.0. The van der Waals surface area contributed by atoms with E-state index in [-0.39, 0.29) is 17.6 Å². The number of nitrogens with zero attached hydrogens (tertiary/aromatic N) is 1. The monoisotopic (exact) mass is 321 g/mol. The van der Waals surface area contributed by atoms with Gasteiger partial charge in [0.15, 0.2) is 5.78 Å². The Labute approximate surface area is 133 Å². The normalized spacial score (nSPS) is 14.9. The van der Waals surface area contributed by atoms with Crippen LogP contribution in [0, 0.1) is 16.0 Å². The van der Waals surface area contributed by atoms with Gasteiger partial charge in [-0.15, -0.1) is 0 Å². The fourth-order valence-electron chi connectivity index (χ4n) is 1.92. The van der Waals surface area contributed by atoms with E-state index in [4.69, 9.17) is 0 Å². The Hall–Kier alpha value is -2.54. The van der Waals surface area contributed by atoms with Gasteiger partial charge in [0, 0.05) is 24.5 Å². The molecule has 0 aliphatic carbocycles. The Balaban J connectivity index is 2.66. The molecule has 1 aromatic carbocycles. The summed E-state index contributed by atoms with van der Waals surface area (Å²) in [6.07, 6.45) is 1.92. The highest BCUT2D eigenvalue weighted by molar-refractivity contribution is 5.91. The highest BCUT2D eigenvalue weighted by atomic mass is 16.6.